The van der Waals surface area contributed by atoms with Gasteiger partial charge in [-0.3, -0.25) is 14.6 Å². The Kier molecular flexibility index (Phi) is 6.46. The number of fused-ring (bicyclic) bond motifs is 1. The number of carbonyl (C=O) groups excluding carboxylic acids is 1. The molecule has 4 rings (SSSR count). The number of rotatable bonds is 6. The Hall–Kier alpha value is -2.28. The lowest BCUT2D eigenvalue weighted by molar-refractivity contribution is -0.120. The van der Waals surface area contributed by atoms with Gasteiger partial charge in [-0.1, -0.05) is 47.7 Å². The molecule has 2 heterocycles. The van der Waals surface area contributed by atoms with E-state index in [0.717, 1.165) is 46.8 Å². The molecule has 2 aromatic carbocycles. The van der Waals surface area contributed by atoms with Crippen molar-refractivity contribution in [2.24, 2.45) is 5.92 Å². The molecular formula is C24H29N3O2S. The zero-order chi connectivity index (χ0) is 21.1. The summed E-state index contributed by atoms with van der Waals surface area (Å²) in [6, 6.07) is 14.3. The second-order valence-electron chi connectivity index (χ2n) is 8.24. The van der Waals surface area contributed by atoms with Gasteiger partial charge in [0, 0.05) is 13.2 Å². The molecular weight excluding hydrogens is 394 g/mol. The van der Waals surface area contributed by atoms with Crippen LogP contribution in [-0.4, -0.2) is 47.1 Å². The number of hydrogen-bond donors (Lipinski definition) is 1. The molecule has 1 atom stereocenters. The van der Waals surface area contributed by atoms with E-state index in [-0.39, 0.29) is 18.4 Å². The van der Waals surface area contributed by atoms with E-state index in [0.29, 0.717) is 13.1 Å². The standard InChI is InChI=1S/C24H29N3O2S/c1-17-10-11-21-23(18(17)2)25-24(30-21)27(14-19-7-4-3-5-8-19)22(29)15-26-12-6-9-20(13-26)16-28/h3-5,7-8,10-11,20,28H,6,9,12-16H2,1-2H3. The number of aliphatic hydroxyl groups is 1. The fourth-order valence-corrected chi connectivity index (χ4v) is 5.12. The molecule has 0 radical (unpaired) electrons. The average molecular weight is 424 g/mol. The summed E-state index contributed by atoms with van der Waals surface area (Å²) in [5.74, 6) is 0.327. The Morgan fingerprint density at radius 3 is 2.80 bits per heavy atom. The van der Waals surface area contributed by atoms with E-state index in [9.17, 15) is 9.90 Å². The molecule has 30 heavy (non-hydrogen) atoms. The molecule has 1 fully saturated rings. The Morgan fingerprint density at radius 1 is 1.23 bits per heavy atom. The highest BCUT2D eigenvalue weighted by molar-refractivity contribution is 7.22. The van der Waals surface area contributed by atoms with E-state index >= 15 is 0 Å². The van der Waals surface area contributed by atoms with Gasteiger partial charge in [0.05, 0.1) is 23.3 Å². The van der Waals surface area contributed by atoms with Crippen LogP contribution in [0, 0.1) is 19.8 Å². The normalized spacial score (nSPS) is 17.4. The van der Waals surface area contributed by atoms with Crippen molar-refractivity contribution in [1.29, 1.82) is 0 Å². The van der Waals surface area contributed by atoms with Crippen LogP contribution in [0.25, 0.3) is 10.2 Å². The minimum atomic E-state index is 0.0610. The lowest BCUT2D eigenvalue weighted by Gasteiger charge is -2.32. The minimum Gasteiger partial charge on any atom is -0.396 e. The Balaban J connectivity index is 1.62. The molecule has 1 aliphatic rings. The van der Waals surface area contributed by atoms with Crippen LogP contribution in [0.15, 0.2) is 42.5 Å². The summed E-state index contributed by atoms with van der Waals surface area (Å²) in [5.41, 5.74) is 4.46. The van der Waals surface area contributed by atoms with Gasteiger partial charge < -0.3 is 5.11 Å². The predicted octanol–water partition coefficient (Wildman–Crippen LogP) is 4.15. The van der Waals surface area contributed by atoms with E-state index in [2.05, 4.69) is 30.9 Å². The number of hydrogen-bond acceptors (Lipinski definition) is 5. The van der Waals surface area contributed by atoms with Crippen LogP contribution >= 0.6 is 11.3 Å². The highest BCUT2D eigenvalue weighted by atomic mass is 32.1. The monoisotopic (exact) mass is 423 g/mol. The van der Waals surface area contributed by atoms with E-state index < -0.39 is 0 Å². The molecule has 1 aliphatic heterocycles. The number of carbonyl (C=O) groups is 1. The third-order valence-corrected chi connectivity index (χ3v) is 7.05. The quantitative estimate of drug-likeness (QED) is 0.647. The maximum atomic E-state index is 13.4. The summed E-state index contributed by atoms with van der Waals surface area (Å²) < 4.78 is 1.11. The predicted molar refractivity (Wildman–Crippen MR) is 123 cm³/mol. The number of benzene rings is 2. The van der Waals surface area contributed by atoms with Crippen molar-refractivity contribution in [3.63, 3.8) is 0 Å². The number of piperidine rings is 1. The molecule has 0 saturated carbocycles. The number of aryl methyl sites for hydroxylation is 2. The van der Waals surface area contributed by atoms with E-state index in [4.69, 9.17) is 4.98 Å². The maximum Gasteiger partial charge on any atom is 0.243 e. The summed E-state index contributed by atoms with van der Waals surface area (Å²) in [4.78, 5) is 22.3. The van der Waals surface area contributed by atoms with Crippen molar-refractivity contribution in [3.8, 4) is 0 Å². The SMILES string of the molecule is Cc1ccc2sc(N(Cc3ccccc3)C(=O)CN3CCCC(CO)C3)nc2c1C. The number of anilines is 1. The summed E-state index contributed by atoms with van der Waals surface area (Å²) in [7, 11) is 0. The summed E-state index contributed by atoms with van der Waals surface area (Å²) in [6.07, 6.45) is 2.06. The molecule has 1 amide bonds. The number of aromatic nitrogens is 1. The van der Waals surface area contributed by atoms with Crippen molar-refractivity contribution in [2.45, 2.75) is 33.2 Å². The van der Waals surface area contributed by atoms with Crippen LogP contribution in [0.2, 0.25) is 0 Å². The summed E-state index contributed by atoms with van der Waals surface area (Å²) in [5, 5.41) is 10.3. The van der Waals surface area contributed by atoms with Gasteiger partial charge in [0.1, 0.15) is 0 Å². The lowest BCUT2D eigenvalue weighted by Crippen LogP contribution is -2.44. The van der Waals surface area contributed by atoms with Crippen LogP contribution in [-0.2, 0) is 11.3 Å². The number of nitrogens with zero attached hydrogens (tertiary/aromatic N) is 3. The molecule has 158 valence electrons. The van der Waals surface area contributed by atoms with Crippen molar-refractivity contribution in [1.82, 2.24) is 9.88 Å². The zero-order valence-corrected chi connectivity index (χ0v) is 18.5. The van der Waals surface area contributed by atoms with Crippen LogP contribution < -0.4 is 4.90 Å². The largest absolute Gasteiger partial charge is 0.396 e. The molecule has 5 nitrogen and oxygen atoms in total. The van der Waals surface area contributed by atoms with Gasteiger partial charge in [-0.05, 0) is 61.9 Å². The first-order valence-corrected chi connectivity index (χ1v) is 11.4. The molecule has 0 aliphatic carbocycles. The molecule has 1 unspecified atom stereocenters. The highest BCUT2D eigenvalue weighted by Crippen LogP contribution is 2.33. The molecule has 3 aromatic rings. The van der Waals surface area contributed by atoms with Gasteiger partial charge in [-0.2, -0.15) is 0 Å². The smallest absolute Gasteiger partial charge is 0.243 e. The fourth-order valence-electron chi connectivity index (χ4n) is 4.08. The zero-order valence-electron chi connectivity index (χ0n) is 17.7. The van der Waals surface area contributed by atoms with Crippen LogP contribution in [0.1, 0.15) is 29.5 Å². The van der Waals surface area contributed by atoms with Gasteiger partial charge in [-0.15, -0.1) is 0 Å². The van der Waals surface area contributed by atoms with Crippen LogP contribution in [0.4, 0.5) is 5.13 Å². The van der Waals surface area contributed by atoms with Crippen LogP contribution in [0.3, 0.4) is 0 Å². The van der Waals surface area contributed by atoms with Gasteiger partial charge in [0.15, 0.2) is 5.13 Å². The van der Waals surface area contributed by atoms with E-state index in [1.165, 1.54) is 11.1 Å². The maximum absolute atomic E-state index is 13.4. The van der Waals surface area contributed by atoms with Gasteiger partial charge in [0.2, 0.25) is 5.91 Å². The Labute approximate surface area is 182 Å². The van der Waals surface area contributed by atoms with E-state index in [1.54, 1.807) is 11.3 Å². The second-order valence-corrected chi connectivity index (χ2v) is 9.25. The molecule has 1 saturated heterocycles. The number of likely N-dealkylation sites (tertiary alicyclic amines) is 1. The van der Waals surface area contributed by atoms with Gasteiger partial charge in [0.25, 0.3) is 0 Å². The van der Waals surface area contributed by atoms with Crippen molar-refractivity contribution in [2.75, 3.05) is 31.1 Å². The molecule has 1 aromatic heterocycles. The molecule has 0 spiro atoms. The number of aliphatic hydroxyl groups excluding tert-OH is 1. The van der Waals surface area contributed by atoms with Crippen molar-refractivity contribution >= 4 is 32.6 Å². The summed E-state index contributed by atoms with van der Waals surface area (Å²) in [6.45, 7) is 6.92. The Morgan fingerprint density at radius 2 is 2.03 bits per heavy atom. The second kappa shape index (κ2) is 9.25. The van der Waals surface area contributed by atoms with Crippen molar-refractivity contribution < 1.29 is 9.90 Å². The van der Waals surface area contributed by atoms with Crippen molar-refractivity contribution in [3.05, 3.63) is 59.2 Å². The average Bonchev–Trinajstić information content (AvgIpc) is 3.20. The first-order valence-electron chi connectivity index (χ1n) is 10.6. The van der Waals surface area contributed by atoms with E-state index in [1.807, 2.05) is 35.2 Å². The number of amides is 1. The molecule has 0 bridgehead atoms. The third-order valence-electron chi connectivity index (χ3n) is 6.01. The van der Waals surface area contributed by atoms with Gasteiger partial charge in [-0.25, -0.2) is 4.98 Å². The first-order chi connectivity index (χ1) is 14.5. The van der Waals surface area contributed by atoms with Gasteiger partial charge >= 0.3 is 0 Å². The van der Waals surface area contributed by atoms with Crippen LogP contribution in [0.5, 0.6) is 0 Å². The lowest BCUT2D eigenvalue weighted by atomic mass is 9.99. The molecule has 6 heteroatoms. The first kappa shape index (κ1) is 21.0. The Bertz CT molecular complexity index is 1020. The fraction of sp³-hybridized carbons (Fsp3) is 0.417. The molecule has 1 N–H and O–H groups in total. The third kappa shape index (κ3) is 4.56. The summed E-state index contributed by atoms with van der Waals surface area (Å²) >= 11 is 1.58. The number of thiazole rings is 1. The minimum absolute atomic E-state index is 0.0610. The topological polar surface area (TPSA) is 56.7 Å². The highest BCUT2D eigenvalue weighted by Gasteiger charge is 2.26.